The third-order valence-corrected chi connectivity index (χ3v) is 3.30. The van der Waals surface area contributed by atoms with Crippen molar-refractivity contribution in [2.24, 2.45) is 5.92 Å². The van der Waals surface area contributed by atoms with Crippen LogP contribution in [0.1, 0.15) is 25.7 Å². The summed E-state index contributed by atoms with van der Waals surface area (Å²) >= 11 is 6.21. The van der Waals surface area contributed by atoms with Gasteiger partial charge in [0.2, 0.25) is 0 Å². The van der Waals surface area contributed by atoms with E-state index < -0.39 is 0 Å². The van der Waals surface area contributed by atoms with Gasteiger partial charge in [-0.25, -0.2) is 0 Å². The van der Waals surface area contributed by atoms with Crippen molar-refractivity contribution in [2.45, 2.75) is 36.4 Å². The van der Waals surface area contributed by atoms with E-state index in [0.717, 1.165) is 12.3 Å². The van der Waals surface area contributed by atoms with E-state index in [1.807, 2.05) is 0 Å². The van der Waals surface area contributed by atoms with Crippen LogP contribution in [0, 0.1) is 5.92 Å². The first-order valence-corrected chi connectivity index (χ1v) is 4.02. The third kappa shape index (κ3) is 0.814. The molecule has 0 aromatic carbocycles. The number of hydrogen-bond acceptors (Lipinski definition) is 0. The molecule has 2 saturated carbocycles. The van der Waals surface area contributed by atoms with Crippen LogP contribution >= 0.6 is 11.6 Å². The highest BCUT2D eigenvalue weighted by Gasteiger charge is 2.46. The molecule has 0 amide bonds. The fraction of sp³-hybridized carbons (Fsp3) is 1.00. The van der Waals surface area contributed by atoms with Crippen LogP contribution in [0.5, 0.6) is 0 Å². The molecule has 0 aromatic heterocycles. The van der Waals surface area contributed by atoms with Crippen molar-refractivity contribution in [3.8, 4) is 0 Å². The number of fused-ring (bicyclic) bond motifs is 2. The Kier molecular flexibility index (Phi) is 1.14. The molecule has 2 rings (SSSR count). The predicted octanol–water partition coefficient (Wildman–Crippen LogP) is 2.12. The SMILES string of the molecule is [B]C1CC2(Cl)CCC1C2. The van der Waals surface area contributed by atoms with Crippen LogP contribution in [-0.4, -0.2) is 12.7 Å². The van der Waals surface area contributed by atoms with Crippen LogP contribution in [0.15, 0.2) is 0 Å². The maximum absolute atomic E-state index is 6.21. The lowest BCUT2D eigenvalue weighted by atomic mass is 9.75. The Balaban J connectivity index is 2.19. The minimum Gasteiger partial charge on any atom is -0.119 e. The molecule has 2 aliphatic rings. The highest BCUT2D eigenvalue weighted by Crippen LogP contribution is 2.56. The van der Waals surface area contributed by atoms with Gasteiger partial charge in [0.1, 0.15) is 0 Å². The molecular formula is C7H10BCl. The standard InChI is InChI=1S/C7H10BCl/c8-6-4-7(9)2-1-5(6)3-7/h5-6H,1-4H2. The molecule has 2 aliphatic carbocycles. The highest BCUT2D eigenvalue weighted by molar-refractivity contribution is 6.25. The fourth-order valence-corrected chi connectivity index (χ4v) is 2.74. The van der Waals surface area contributed by atoms with Gasteiger partial charge in [-0.1, -0.05) is 5.82 Å². The number of halogens is 1. The molecule has 0 saturated heterocycles. The average molecular weight is 140 g/mol. The molecule has 3 unspecified atom stereocenters. The molecule has 0 heterocycles. The van der Waals surface area contributed by atoms with E-state index in [1.165, 1.54) is 19.3 Å². The summed E-state index contributed by atoms with van der Waals surface area (Å²) in [6.45, 7) is 0. The van der Waals surface area contributed by atoms with Gasteiger partial charge in [0.25, 0.3) is 0 Å². The maximum atomic E-state index is 6.21. The van der Waals surface area contributed by atoms with Gasteiger partial charge in [-0.15, -0.1) is 11.6 Å². The van der Waals surface area contributed by atoms with Crippen molar-refractivity contribution in [3.63, 3.8) is 0 Å². The highest BCUT2D eigenvalue weighted by atomic mass is 35.5. The quantitative estimate of drug-likeness (QED) is 0.357. The van der Waals surface area contributed by atoms with Crippen LogP contribution in [0.2, 0.25) is 5.82 Å². The first-order chi connectivity index (χ1) is 4.20. The molecule has 0 nitrogen and oxygen atoms in total. The van der Waals surface area contributed by atoms with Crippen molar-refractivity contribution >= 4 is 19.4 Å². The predicted molar refractivity (Wildman–Crippen MR) is 40.0 cm³/mol. The second kappa shape index (κ2) is 1.69. The number of alkyl halides is 1. The third-order valence-electron chi connectivity index (χ3n) is 2.80. The van der Waals surface area contributed by atoms with E-state index in [0.29, 0.717) is 5.82 Å². The summed E-state index contributed by atoms with van der Waals surface area (Å²) in [5, 5.41) is 0. The largest absolute Gasteiger partial charge is 0.119 e. The van der Waals surface area contributed by atoms with Gasteiger partial charge in [-0.3, -0.25) is 0 Å². The van der Waals surface area contributed by atoms with E-state index in [-0.39, 0.29) is 4.87 Å². The normalized spacial score (nSPS) is 56.6. The van der Waals surface area contributed by atoms with Crippen molar-refractivity contribution in [3.05, 3.63) is 0 Å². The summed E-state index contributed by atoms with van der Waals surface area (Å²) in [5.41, 5.74) is 0. The Hall–Kier alpha value is 0.355. The van der Waals surface area contributed by atoms with Gasteiger partial charge >= 0.3 is 0 Å². The molecule has 48 valence electrons. The minimum absolute atomic E-state index is 0.129. The fourth-order valence-electron chi connectivity index (χ4n) is 2.26. The first-order valence-electron chi connectivity index (χ1n) is 3.64. The van der Waals surface area contributed by atoms with Crippen LogP contribution in [-0.2, 0) is 0 Å². The smallest absolute Gasteiger partial charge is 0.0704 e. The summed E-state index contributed by atoms with van der Waals surface area (Å²) in [4.78, 5) is 0.129. The molecular weight excluding hydrogens is 130 g/mol. The zero-order chi connectivity index (χ0) is 6.48. The molecule has 2 radical (unpaired) electrons. The van der Waals surface area contributed by atoms with Gasteiger partial charge < -0.3 is 0 Å². The van der Waals surface area contributed by atoms with Crippen LogP contribution in [0.25, 0.3) is 0 Å². The van der Waals surface area contributed by atoms with Crippen molar-refractivity contribution in [2.75, 3.05) is 0 Å². The lowest BCUT2D eigenvalue weighted by molar-refractivity contribution is 0.496. The molecule has 0 N–H and O–H groups in total. The second-order valence-electron chi connectivity index (χ2n) is 3.52. The van der Waals surface area contributed by atoms with Gasteiger partial charge in [-0.05, 0) is 31.6 Å². The second-order valence-corrected chi connectivity index (χ2v) is 4.32. The number of hydrogen-bond donors (Lipinski definition) is 0. The molecule has 2 bridgehead atoms. The first kappa shape index (κ1) is 6.09. The molecule has 2 fully saturated rings. The lowest BCUT2D eigenvalue weighted by Crippen LogP contribution is -2.14. The molecule has 3 atom stereocenters. The Labute approximate surface area is 62.4 Å². The summed E-state index contributed by atoms with van der Waals surface area (Å²) in [5.74, 6) is 1.17. The molecule has 0 spiro atoms. The molecule has 0 aliphatic heterocycles. The average Bonchev–Trinajstić information content (AvgIpc) is 2.20. The monoisotopic (exact) mass is 140 g/mol. The molecule has 0 aromatic rings. The summed E-state index contributed by atoms with van der Waals surface area (Å²) in [7, 11) is 5.82. The Bertz CT molecular complexity index is 133. The van der Waals surface area contributed by atoms with Crippen molar-refractivity contribution < 1.29 is 0 Å². The van der Waals surface area contributed by atoms with Crippen molar-refractivity contribution in [1.82, 2.24) is 0 Å². The topological polar surface area (TPSA) is 0 Å². The summed E-state index contributed by atoms with van der Waals surface area (Å²) < 4.78 is 0. The molecule has 2 heteroatoms. The summed E-state index contributed by atoms with van der Waals surface area (Å²) in [6, 6.07) is 0. The zero-order valence-corrected chi connectivity index (χ0v) is 6.19. The maximum Gasteiger partial charge on any atom is 0.0704 e. The minimum atomic E-state index is 0.129. The van der Waals surface area contributed by atoms with Gasteiger partial charge in [0.15, 0.2) is 0 Å². The Morgan fingerprint density at radius 1 is 1.44 bits per heavy atom. The molecule has 9 heavy (non-hydrogen) atoms. The van der Waals surface area contributed by atoms with Gasteiger partial charge in [-0.2, -0.15) is 0 Å². The summed E-state index contributed by atoms with van der Waals surface area (Å²) in [6.07, 6.45) is 4.70. The van der Waals surface area contributed by atoms with E-state index in [2.05, 4.69) is 0 Å². The van der Waals surface area contributed by atoms with E-state index in [1.54, 1.807) is 0 Å². The lowest BCUT2D eigenvalue weighted by Gasteiger charge is -2.21. The van der Waals surface area contributed by atoms with E-state index in [9.17, 15) is 0 Å². The van der Waals surface area contributed by atoms with Crippen LogP contribution < -0.4 is 0 Å². The van der Waals surface area contributed by atoms with Crippen LogP contribution in [0.4, 0.5) is 0 Å². The van der Waals surface area contributed by atoms with Crippen molar-refractivity contribution in [1.29, 1.82) is 0 Å². The van der Waals surface area contributed by atoms with Gasteiger partial charge in [0, 0.05) is 4.87 Å². The Morgan fingerprint density at radius 2 is 2.22 bits per heavy atom. The zero-order valence-electron chi connectivity index (χ0n) is 5.44. The van der Waals surface area contributed by atoms with E-state index >= 15 is 0 Å². The van der Waals surface area contributed by atoms with Crippen LogP contribution in [0.3, 0.4) is 0 Å². The van der Waals surface area contributed by atoms with E-state index in [4.69, 9.17) is 19.4 Å². The number of rotatable bonds is 0. The van der Waals surface area contributed by atoms with Gasteiger partial charge in [0.05, 0.1) is 7.85 Å². The Morgan fingerprint density at radius 3 is 2.44 bits per heavy atom.